The van der Waals surface area contributed by atoms with E-state index in [9.17, 15) is 0 Å². The molecule has 1 aromatic heterocycles. The first-order valence-electron chi connectivity index (χ1n) is 9.18. The number of pyridine rings is 1. The molecule has 0 amide bonds. The van der Waals surface area contributed by atoms with E-state index in [1.54, 1.807) is 0 Å². The average molecular weight is 335 g/mol. The van der Waals surface area contributed by atoms with Crippen molar-refractivity contribution < 1.29 is 4.74 Å². The summed E-state index contributed by atoms with van der Waals surface area (Å²) < 4.78 is 5.56. The molecular formula is C19H30N2OS. The molecule has 1 N–H and O–H groups in total. The van der Waals surface area contributed by atoms with Crippen LogP contribution in [0.2, 0.25) is 0 Å². The van der Waals surface area contributed by atoms with Crippen molar-refractivity contribution in [1.29, 1.82) is 0 Å². The molecule has 0 spiro atoms. The lowest BCUT2D eigenvalue weighted by Gasteiger charge is -2.23. The molecule has 1 fully saturated rings. The Hall–Kier alpha value is -0.580. The van der Waals surface area contributed by atoms with Crippen molar-refractivity contribution in [3.63, 3.8) is 0 Å². The highest BCUT2D eigenvalue weighted by Crippen LogP contribution is 2.43. The second-order valence-corrected chi connectivity index (χ2v) is 8.37. The fourth-order valence-corrected chi connectivity index (χ4v) is 5.11. The van der Waals surface area contributed by atoms with Crippen molar-refractivity contribution in [3.8, 4) is 0 Å². The number of nitrogens with zero attached hydrogens (tertiary/aromatic N) is 1. The maximum Gasteiger partial charge on any atom is 0.0480 e. The minimum atomic E-state index is 0.641. The van der Waals surface area contributed by atoms with Gasteiger partial charge in [-0.1, -0.05) is 6.92 Å². The normalized spacial score (nSPS) is 25.8. The van der Waals surface area contributed by atoms with Crippen LogP contribution in [0.4, 0.5) is 0 Å². The summed E-state index contributed by atoms with van der Waals surface area (Å²) in [6, 6.07) is 2.92. The van der Waals surface area contributed by atoms with Crippen molar-refractivity contribution >= 4 is 11.8 Å². The first-order valence-corrected chi connectivity index (χ1v) is 10.1. The van der Waals surface area contributed by atoms with Gasteiger partial charge in [-0.05, 0) is 62.6 Å². The minimum Gasteiger partial charge on any atom is -0.381 e. The van der Waals surface area contributed by atoms with Crippen LogP contribution in [0.5, 0.6) is 0 Å². The number of rotatable bonds is 6. The lowest BCUT2D eigenvalue weighted by atomic mass is 10.1. The summed E-state index contributed by atoms with van der Waals surface area (Å²) in [5, 5.41) is 5.14. The van der Waals surface area contributed by atoms with E-state index in [0.717, 1.165) is 31.9 Å². The highest BCUT2D eigenvalue weighted by atomic mass is 32.2. The van der Waals surface area contributed by atoms with Gasteiger partial charge in [-0.25, -0.2) is 0 Å². The molecule has 3 rings (SSSR count). The van der Waals surface area contributed by atoms with Crippen molar-refractivity contribution in [2.45, 2.75) is 68.9 Å². The Labute approximate surface area is 145 Å². The van der Waals surface area contributed by atoms with Gasteiger partial charge >= 0.3 is 0 Å². The zero-order valence-corrected chi connectivity index (χ0v) is 15.3. The van der Waals surface area contributed by atoms with Gasteiger partial charge in [-0.2, -0.15) is 0 Å². The SMILES string of the molecule is CCC(CNC1CCCOCC1)SC1CCc2cc(C)ncc21. The minimum absolute atomic E-state index is 0.641. The molecule has 128 valence electrons. The van der Waals surface area contributed by atoms with Crippen LogP contribution < -0.4 is 5.32 Å². The van der Waals surface area contributed by atoms with Gasteiger partial charge in [0.25, 0.3) is 0 Å². The molecule has 1 saturated heterocycles. The lowest BCUT2D eigenvalue weighted by molar-refractivity contribution is 0.142. The van der Waals surface area contributed by atoms with E-state index in [1.807, 2.05) is 0 Å². The lowest BCUT2D eigenvalue weighted by Crippen LogP contribution is -2.34. The zero-order valence-electron chi connectivity index (χ0n) is 14.5. The molecule has 3 unspecified atom stereocenters. The van der Waals surface area contributed by atoms with Crippen molar-refractivity contribution in [2.75, 3.05) is 19.8 Å². The molecule has 1 aromatic rings. The highest BCUT2D eigenvalue weighted by molar-refractivity contribution is 8.00. The number of hydrogen-bond acceptors (Lipinski definition) is 4. The molecule has 2 heterocycles. The van der Waals surface area contributed by atoms with E-state index in [-0.39, 0.29) is 0 Å². The maximum atomic E-state index is 5.56. The topological polar surface area (TPSA) is 34.1 Å². The summed E-state index contributed by atoms with van der Waals surface area (Å²) in [4.78, 5) is 4.52. The predicted octanol–water partition coefficient (Wildman–Crippen LogP) is 4.05. The summed E-state index contributed by atoms with van der Waals surface area (Å²) >= 11 is 2.16. The van der Waals surface area contributed by atoms with Crippen LogP contribution in [0.25, 0.3) is 0 Å². The van der Waals surface area contributed by atoms with Gasteiger partial charge < -0.3 is 10.1 Å². The van der Waals surface area contributed by atoms with Crippen molar-refractivity contribution in [2.24, 2.45) is 0 Å². The molecule has 2 aliphatic rings. The Bertz CT molecular complexity index is 500. The largest absolute Gasteiger partial charge is 0.381 e. The molecular weight excluding hydrogens is 304 g/mol. The average Bonchev–Trinajstić information content (AvgIpc) is 2.77. The zero-order chi connectivity index (χ0) is 16.1. The number of aromatic nitrogens is 1. The van der Waals surface area contributed by atoms with E-state index in [2.05, 4.69) is 48.2 Å². The number of thioether (sulfide) groups is 1. The highest BCUT2D eigenvalue weighted by Gasteiger charge is 2.26. The summed E-state index contributed by atoms with van der Waals surface area (Å²) in [6.07, 6.45) is 9.47. The summed E-state index contributed by atoms with van der Waals surface area (Å²) in [5.41, 5.74) is 4.17. The number of ether oxygens (including phenoxy) is 1. The van der Waals surface area contributed by atoms with E-state index in [4.69, 9.17) is 4.74 Å². The van der Waals surface area contributed by atoms with E-state index >= 15 is 0 Å². The van der Waals surface area contributed by atoms with Crippen LogP contribution in [0.1, 0.15) is 61.1 Å². The summed E-state index contributed by atoms with van der Waals surface area (Å²) in [6.45, 7) is 7.39. The van der Waals surface area contributed by atoms with Crippen molar-refractivity contribution in [3.05, 3.63) is 29.1 Å². The van der Waals surface area contributed by atoms with Crippen LogP contribution in [0, 0.1) is 6.92 Å². The number of nitrogens with one attached hydrogen (secondary N) is 1. The standard InChI is InChI=1S/C19H30N2OS/c1-3-17(12-21-16-5-4-9-22-10-8-16)23-19-7-6-15-11-14(2)20-13-18(15)19/h11,13,16-17,19,21H,3-10,12H2,1-2H3. The van der Waals surface area contributed by atoms with E-state index < -0.39 is 0 Å². The monoisotopic (exact) mass is 334 g/mol. The molecule has 0 aromatic carbocycles. The summed E-state index contributed by atoms with van der Waals surface area (Å²) in [7, 11) is 0. The van der Waals surface area contributed by atoms with Gasteiger partial charge in [-0.15, -0.1) is 11.8 Å². The molecule has 0 saturated carbocycles. The Kier molecular flexibility index (Phi) is 6.37. The second-order valence-electron chi connectivity index (χ2n) is 6.87. The Morgan fingerprint density at radius 2 is 2.26 bits per heavy atom. The third-order valence-electron chi connectivity index (χ3n) is 5.08. The van der Waals surface area contributed by atoms with Gasteiger partial charge in [0.05, 0.1) is 0 Å². The Morgan fingerprint density at radius 3 is 3.13 bits per heavy atom. The smallest absolute Gasteiger partial charge is 0.0480 e. The first kappa shape index (κ1) is 17.2. The molecule has 4 heteroatoms. The molecule has 3 nitrogen and oxygen atoms in total. The molecule has 23 heavy (non-hydrogen) atoms. The third kappa shape index (κ3) is 4.71. The van der Waals surface area contributed by atoms with Gasteiger partial charge in [0.2, 0.25) is 0 Å². The van der Waals surface area contributed by atoms with Crippen LogP contribution in [0.15, 0.2) is 12.3 Å². The Balaban J connectivity index is 1.52. The third-order valence-corrected chi connectivity index (χ3v) is 6.79. The predicted molar refractivity (Wildman–Crippen MR) is 98.2 cm³/mol. The fraction of sp³-hybridized carbons (Fsp3) is 0.737. The Morgan fingerprint density at radius 1 is 1.35 bits per heavy atom. The van der Waals surface area contributed by atoms with Gasteiger partial charge in [-0.3, -0.25) is 4.98 Å². The quantitative estimate of drug-likeness (QED) is 0.851. The van der Waals surface area contributed by atoms with Gasteiger partial charge in [0.1, 0.15) is 0 Å². The van der Waals surface area contributed by atoms with Crippen LogP contribution in [-0.4, -0.2) is 36.0 Å². The van der Waals surface area contributed by atoms with Crippen LogP contribution in [-0.2, 0) is 11.2 Å². The number of fused-ring (bicyclic) bond motifs is 1. The summed E-state index contributed by atoms with van der Waals surface area (Å²) in [5.74, 6) is 0. The van der Waals surface area contributed by atoms with E-state index in [0.29, 0.717) is 16.5 Å². The molecule has 1 aliphatic heterocycles. The van der Waals surface area contributed by atoms with Gasteiger partial charge in [0.15, 0.2) is 0 Å². The number of hydrogen-bond donors (Lipinski definition) is 1. The second kappa shape index (κ2) is 8.50. The van der Waals surface area contributed by atoms with Gasteiger partial charge in [0, 0.05) is 48.2 Å². The number of aryl methyl sites for hydroxylation is 2. The van der Waals surface area contributed by atoms with E-state index in [1.165, 1.54) is 43.2 Å². The molecule has 1 aliphatic carbocycles. The van der Waals surface area contributed by atoms with Crippen LogP contribution >= 0.6 is 11.8 Å². The maximum absolute atomic E-state index is 5.56. The molecule has 3 atom stereocenters. The fourth-order valence-electron chi connectivity index (χ4n) is 3.64. The molecule has 0 radical (unpaired) electrons. The molecule has 0 bridgehead atoms. The first-order chi connectivity index (χ1) is 11.3. The van der Waals surface area contributed by atoms with Crippen molar-refractivity contribution in [1.82, 2.24) is 10.3 Å². The van der Waals surface area contributed by atoms with Crippen LogP contribution in [0.3, 0.4) is 0 Å².